The molecule has 0 spiro atoms. The third-order valence-corrected chi connectivity index (χ3v) is 4.72. The maximum absolute atomic E-state index is 12.5. The monoisotopic (exact) mass is 334 g/mol. The van der Waals surface area contributed by atoms with Gasteiger partial charge in [0.1, 0.15) is 0 Å². The third-order valence-electron chi connectivity index (χ3n) is 4.72. The number of carbonyl (C=O) groups is 1. The molecule has 1 aromatic carbocycles. The Morgan fingerprint density at radius 3 is 2.96 bits per heavy atom. The third kappa shape index (κ3) is 5.58. The minimum Gasteiger partial charge on any atom is -0.383 e. The molecule has 1 saturated heterocycles. The number of piperidine rings is 1. The lowest BCUT2D eigenvalue weighted by atomic mass is 9.91. The standard InChI is InChI=1S/C19H30N2O3/c1-15(18-8-5-9-21(13-18)10-11-23-2)20-19(22)17-7-4-6-16(12-17)14-24-3/h4,6-7,12,15,18H,5,8-11,13-14H2,1-3H3,(H,20,22)/t15-,18-/m0/s1. The van der Waals surface area contributed by atoms with Crippen molar-refractivity contribution >= 4 is 5.91 Å². The van der Waals surface area contributed by atoms with E-state index in [2.05, 4.69) is 17.1 Å². The van der Waals surface area contributed by atoms with Gasteiger partial charge < -0.3 is 19.7 Å². The summed E-state index contributed by atoms with van der Waals surface area (Å²) in [6, 6.07) is 7.79. The van der Waals surface area contributed by atoms with Crippen molar-refractivity contribution in [2.24, 2.45) is 5.92 Å². The van der Waals surface area contributed by atoms with Gasteiger partial charge in [-0.3, -0.25) is 4.79 Å². The summed E-state index contributed by atoms with van der Waals surface area (Å²) in [5, 5.41) is 3.17. The fourth-order valence-electron chi connectivity index (χ4n) is 3.30. The minimum atomic E-state index is -0.00512. The molecule has 5 nitrogen and oxygen atoms in total. The molecule has 1 aliphatic rings. The Bertz CT molecular complexity index is 521. The average molecular weight is 334 g/mol. The second kappa shape index (κ2) is 9.77. The van der Waals surface area contributed by atoms with Crippen molar-refractivity contribution < 1.29 is 14.3 Å². The molecule has 0 bridgehead atoms. The van der Waals surface area contributed by atoms with Gasteiger partial charge in [-0.05, 0) is 49.9 Å². The van der Waals surface area contributed by atoms with Crippen LogP contribution in [0, 0.1) is 5.92 Å². The lowest BCUT2D eigenvalue weighted by Gasteiger charge is -2.35. The van der Waals surface area contributed by atoms with Crippen LogP contribution in [-0.2, 0) is 16.1 Å². The molecule has 0 saturated carbocycles. The van der Waals surface area contributed by atoms with E-state index in [4.69, 9.17) is 9.47 Å². The number of hydrogen-bond donors (Lipinski definition) is 1. The van der Waals surface area contributed by atoms with Gasteiger partial charge in [-0.2, -0.15) is 0 Å². The zero-order valence-electron chi connectivity index (χ0n) is 15.1. The van der Waals surface area contributed by atoms with Crippen LogP contribution < -0.4 is 5.32 Å². The summed E-state index contributed by atoms with van der Waals surface area (Å²) in [4.78, 5) is 15.0. The highest BCUT2D eigenvalue weighted by Crippen LogP contribution is 2.20. The highest BCUT2D eigenvalue weighted by molar-refractivity contribution is 5.94. The van der Waals surface area contributed by atoms with Crippen LogP contribution in [0.15, 0.2) is 24.3 Å². The molecule has 1 N–H and O–H groups in total. The smallest absolute Gasteiger partial charge is 0.251 e. The zero-order chi connectivity index (χ0) is 17.4. The molecule has 0 unspecified atom stereocenters. The fraction of sp³-hybridized carbons (Fsp3) is 0.632. The van der Waals surface area contributed by atoms with E-state index in [1.54, 1.807) is 14.2 Å². The van der Waals surface area contributed by atoms with Crippen LogP contribution in [0.25, 0.3) is 0 Å². The Morgan fingerprint density at radius 1 is 1.38 bits per heavy atom. The van der Waals surface area contributed by atoms with Crippen LogP contribution in [0.1, 0.15) is 35.7 Å². The Morgan fingerprint density at radius 2 is 2.21 bits per heavy atom. The molecule has 1 amide bonds. The second-order valence-electron chi connectivity index (χ2n) is 6.59. The van der Waals surface area contributed by atoms with Crippen LogP contribution in [0.2, 0.25) is 0 Å². The molecule has 24 heavy (non-hydrogen) atoms. The van der Waals surface area contributed by atoms with Crippen molar-refractivity contribution in [1.82, 2.24) is 10.2 Å². The number of rotatable bonds is 8. The van der Waals surface area contributed by atoms with Crippen molar-refractivity contribution in [2.75, 3.05) is 40.5 Å². The van der Waals surface area contributed by atoms with Crippen LogP contribution >= 0.6 is 0 Å². The van der Waals surface area contributed by atoms with E-state index >= 15 is 0 Å². The van der Waals surface area contributed by atoms with E-state index in [9.17, 15) is 4.79 Å². The highest BCUT2D eigenvalue weighted by Gasteiger charge is 2.25. The maximum Gasteiger partial charge on any atom is 0.251 e. The molecule has 1 heterocycles. The second-order valence-corrected chi connectivity index (χ2v) is 6.59. The van der Waals surface area contributed by atoms with Crippen LogP contribution in [-0.4, -0.2) is 57.3 Å². The minimum absolute atomic E-state index is 0.00512. The van der Waals surface area contributed by atoms with Gasteiger partial charge in [-0.1, -0.05) is 12.1 Å². The van der Waals surface area contributed by atoms with Crippen LogP contribution in [0.5, 0.6) is 0 Å². The average Bonchev–Trinajstić information content (AvgIpc) is 2.60. The maximum atomic E-state index is 12.5. The van der Waals surface area contributed by atoms with Crippen molar-refractivity contribution in [2.45, 2.75) is 32.4 Å². The first-order valence-electron chi connectivity index (χ1n) is 8.74. The van der Waals surface area contributed by atoms with E-state index in [0.29, 0.717) is 18.1 Å². The van der Waals surface area contributed by atoms with E-state index in [-0.39, 0.29) is 11.9 Å². The van der Waals surface area contributed by atoms with Crippen molar-refractivity contribution in [3.05, 3.63) is 35.4 Å². The first-order valence-corrected chi connectivity index (χ1v) is 8.74. The molecule has 1 aromatic rings. The number of methoxy groups -OCH3 is 2. The van der Waals surface area contributed by atoms with Gasteiger partial charge in [0, 0.05) is 38.9 Å². The van der Waals surface area contributed by atoms with Gasteiger partial charge >= 0.3 is 0 Å². The molecule has 134 valence electrons. The van der Waals surface area contributed by atoms with Crippen molar-refractivity contribution in [1.29, 1.82) is 0 Å². The van der Waals surface area contributed by atoms with Gasteiger partial charge in [0.2, 0.25) is 0 Å². The number of amides is 1. The van der Waals surface area contributed by atoms with E-state index in [1.165, 1.54) is 6.42 Å². The summed E-state index contributed by atoms with van der Waals surface area (Å²) in [5.74, 6) is 0.483. The first-order chi connectivity index (χ1) is 11.6. The molecule has 2 atom stereocenters. The van der Waals surface area contributed by atoms with E-state index in [1.807, 2.05) is 24.3 Å². The number of benzene rings is 1. The Labute approximate surface area is 145 Å². The van der Waals surface area contributed by atoms with E-state index in [0.717, 1.165) is 38.2 Å². The Balaban J connectivity index is 1.89. The summed E-state index contributed by atoms with van der Waals surface area (Å²) in [6.07, 6.45) is 2.34. The molecule has 2 rings (SSSR count). The summed E-state index contributed by atoms with van der Waals surface area (Å²) in [7, 11) is 3.40. The summed E-state index contributed by atoms with van der Waals surface area (Å²) < 4.78 is 10.3. The molecular weight excluding hydrogens is 304 g/mol. The number of hydrogen-bond acceptors (Lipinski definition) is 4. The predicted molar refractivity (Wildman–Crippen MR) is 95.1 cm³/mol. The number of nitrogens with zero attached hydrogens (tertiary/aromatic N) is 1. The number of nitrogens with one attached hydrogen (secondary N) is 1. The molecule has 0 radical (unpaired) electrons. The fourth-order valence-corrected chi connectivity index (χ4v) is 3.30. The highest BCUT2D eigenvalue weighted by atomic mass is 16.5. The number of likely N-dealkylation sites (tertiary alicyclic amines) is 1. The summed E-state index contributed by atoms with van der Waals surface area (Å²) in [6.45, 7) is 6.51. The summed E-state index contributed by atoms with van der Waals surface area (Å²) >= 11 is 0. The number of carbonyl (C=O) groups excluding carboxylic acids is 1. The van der Waals surface area contributed by atoms with Crippen LogP contribution in [0.4, 0.5) is 0 Å². The predicted octanol–water partition coefficient (Wildman–Crippen LogP) is 2.31. The van der Waals surface area contributed by atoms with Gasteiger partial charge in [-0.25, -0.2) is 0 Å². The SMILES string of the molecule is COCCN1CCC[C@H]([C@H](C)NC(=O)c2cccc(COC)c2)C1. The van der Waals surface area contributed by atoms with Gasteiger partial charge in [0.15, 0.2) is 0 Å². The molecular formula is C19H30N2O3. The molecule has 0 aromatic heterocycles. The zero-order valence-corrected chi connectivity index (χ0v) is 15.1. The normalized spacial score (nSPS) is 19.9. The van der Waals surface area contributed by atoms with Crippen LogP contribution in [0.3, 0.4) is 0 Å². The lowest BCUT2D eigenvalue weighted by molar-refractivity contribution is 0.0854. The van der Waals surface area contributed by atoms with Gasteiger partial charge in [0.05, 0.1) is 13.2 Å². The molecule has 0 aliphatic carbocycles. The van der Waals surface area contributed by atoms with Gasteiger partial charge in [-0.15, -0.1) is 0 Å². The van der Waals surface area contributed by atoms with E-state index < -0.39 is 0 Å². The Kier molecular flexibility index (Phi) is 7.69. The molecule has 1 fully saturated rings. The van der Waals surface area contributed by atoms with Crippen molar-refractivity contribution in [3.63, 3.8) is 0 Å². The molecule has 5 heteroatoms. The number of ether oxygens (including phenoxy) is 2. The summed E-state index contributed by atoms with van der Waals surface area (Å²) in [5.41, 5.74) is 1.71. The Hall–Kier alpha value is -1.43. The molecule has 1 aliphatic heterocycles. The van der Waals surface area contributed by atoms with Gasteiger partial charge in [0.25, 0.3) is 5.91 Å². The largest absolute Gasteiger partial charge is 0.383 e. The first kappa shape index (κ1) is 18.9. The lowest BCUT2D eigenvalue weighted by Crippen LogP contribution is -2.46. The quantitative estimate of drug-likeness (QED) is 0.793. The van der Waals surface area contributed by atoms with Crippen molar-refractivity contribution in [3.8, 4) is 0 Å². The topological polar surface area (TPSA) is 50.8 Å².